The second-order valence-electron chi connectivity index (χ2n) is 5.10. The highest BCUT2D eigenvalue weighted by Crippen LogP contribution is 2.13. The molecule has 0 radical (unpaired) electrons. The van der Waals surface area contributed by atoms with E-state index in [4.69, 9.17) is 9.84 Å². The Bertz CT molecular complexity index is 375. The summed E-state index contributed by atoms with van der Waals surface area (Å²) < 4.78 is 5.70. The highest BCUT2D eigenvalue weighted by Gasteiger charge is 2.12. The topological polar surface area (TPSA) is 66.8 Å². The Balaban J connectivity index is 2.33. The van der Waals surface area contributed by atoms with Crippen molar-refractivity contribution in [1.29, 1.82) is 0 Å². The Hall–Kier alpha value is -1.39. The molecule has 20 heavy (non-hydrogen) atoms. The molecule has 0 aliphatic carbocycles. The van der Waals surface area contributed by atoms with Gasteiger partial charge >= 0.3 is 5.97 Å². The molecule has 0 bridgehead atoms. The third-order valence-electron chi connectivity index (χ3n) is 3.09. The number of aryl methyl sites for hydroxylation is 1. The molecule has 0 aliphatic heterocycles. The fraction of sp³-hybridized carbons (Fsp3) is 0.562. The number of aliphatic hydroxyl groups is 1. The Kier molecular flexibility index (Phi) is 7.92. The van der Waals surface area contributed by atoms with Crippen LogP contribution in [-0.2, 0) is 16.0 Å². The van der Waals surface area contributed by atoms with E-state index in [1.807, 2.05) is 18.2 Å². The summed E-state index contributed by atoms with van der Waals surface area (Å²) >= 11 is 0. The second-order valence-corrected chi connectivity index (χ2v) is 5.10. The number of aliphatic carboxylic acids is 1. The number of hydrogen-bond acceptors (Lipinski definition) is 3. The lowest BCUT2D eigenvalue weighted by atomic mass is 10.0. The minimum absolute atomic E-state index is 0.0241. The van der Waals surface area contributed by atoms with Crippen molar-refractivity contribution in [2.24, 2.45) is 0 Å². The van der Waals surface area contributed by atoms with Gasteiger partial charge in [0.15, 0.2) is 0 Å². The molecule has 0 heterocycles. The van der Waals surface area contributed by atoms with Gasteiger partial charge in [-0.3, -0.25) is 4.79 Å². The molecule has 112 valence electrons. The number of carboxylic acids is 1. The van der Waals surface area contributed by atoms with Crippen LogP contribution in [0, 0.1) is 0 Å². The number of ether oxygens (including phenoxy) is 1. The summed E-state index contributed by atoms with van der Waals surface area (Å²) in [7, 11) is 0. The van der Waals surface area contributed by atoms with Gasteiger partial charge in [0, 0.05) is 13.0 Å². The van der Waals surface area contributed by atoms with Crippen LogP contribution in [0.4, 0.5) is 0 Å². The lowest BCUT2D eigenvalue weighted by Crippen LogP contribution is -2.20. The first-order valence-corrected chi connectivity index (χ1v) is 7.13. The lowest BCUT2D eigenvalue weighted by Gasteiger charge is -2.19. The van der Waals surface area contributed by atoms with E-state index in [-0.39, 0.29) is 12.5 Å². The molecule has 4 heteroatoms. The molecule has 0 aliphatic rings. The molecule has 1 rings (SSSR count). The van der Waals surface area contributed by atoms with Crippen LogP contribution in [-0.4, -0.2) is 35.0 Å². The van der Waals surface area contributed by atoms with E-state index in [0.717, 1.165) is 12.8 Å². The van der Waals surface area contributed by atoms with Crippen LogP contribution >= 0.6 is 0 Å². The maximum absolute atomic E-state index is 10.4. The molecular weight excluding hydrogens is 256 g/mol. The van der Waals surface area contributed by atoms with E-state index >= 15 is 0 Å². The normalized spacial score (nSPS) is 13.9. The highest BCUT2D eigenvalue weighted by atomic mass is 16.5. The van der Waals surface area contributed by atoms with Gasteiger partial charge in [0.05, 0.1) is 12.2 Å². The third kappa shape index (κ3) is 7.92. The van der Waals surface area contributed by atoms with E-state index in [0.29, 0.717) is 19.4 Å². The standard InChI is InChI=1S/C16H24O4/c1-13(17)12-15(20-11-5-8-16(18)19)10-9-14-6-3-2-4-7-14/h2-4,6-7,13,15,17H,5,8-12H2,1H3,(H,18,19). The molecule has 0 spiro atoms. The molecular formula is C16H24O4. The summed E-state index contributed by atoms with van der Waals surface area (Å²) in [5.41, 5.74) is 1.25. The fourth-order valence-corrected chi connectivity index (χ4v) is 2.10. The average molecular weight is 280 g/mol. The predicted molar refractivity (Wildman–Crippen MR) is 77.7 cm³/mol. The molecule has 2 N–H and O–H groups in total. The third-order valence-corrected chi connectivity index (χ3v) is 3.09. The number of rotatable bonds is 10. The molecule has 0 fully saturated rings. The van der Waals surface area contributed by atoms with Crippen LogP contribution in [0.5, 0.6) is 0 Å². The van der Waals surface area contributed by atoms with Gasteiger partial charge in [-0.2, -0.15) is 0 Å². The largest absolute Gasteiger partial charge is 0.481 e. The van der Waals surface area contributed by atoms with Crippen molar-refractivity contribution in [2.75, 3.05) is 6.61 Å². The van der Waals surface area contributed by atoms with Crippen molar-refractivity contribution in [1.82, 2.24) is 0 Å². The highest BCUT2D eigenvalue weighted by molar-refractivity contribution is 5.66. The van der Waals surface area contributed by atoms with Crippen LogP contribution < -0.4 is 0 Å². The smallest absolute Gasteiger partial charge is 0.303 e. The summed E-state index contributed by atoms with van der Waals surface area (Å²) in [4.78, 5) is 10.4. The van der Waals surface area contributed by atoms with Crippen molar-refractivity contribution in [3.8, 4) is 0 Å². The molecule has 0 saturated heterocycles. The first-order chi connectivity index (χ1) is 9.58. The Morgan fingerprint density at radius 2 is 2.00 bits per heavy atom. The van der Waals surface area contributed by atoms with Crippen LogP contribution in [0.15, 0.2) is 30.3 Å². The Labute approximate surface area is 120 Å². The summed E-state index contributed by atoms with van der Waals surface area (Å²) in [5, 5.41) is 18.1. The zero-order chi connectivity index (χ0) is 14.8. The first kappa shape index (κ1) is 16.7. The molecule has 0 saturated carbocycles. The molecule has 1 aromatic rings. The van der Waals surface area contributed by atoms with Crippen LogP contribution in [0.25, 0.3) is 0 Å². The zero-order valence-corrected chi connectivity index (χ0v) is 12.0. The predicted octanol–water partition coefficient (Wildman–Crippen LogP) is 2.64. The minimum atomic E-state index is -0.801. The summed E-state index contributed by atoms with van der Waals surface area (Å²) in [6.45, 7) is 2.18. The minimum Gasteiger partial charge on any atom is -0.481 e. The number of carbonyl (C=O) groups is 1. The van der Waals surface area contributed by atoms with E-state index < -0.39 is 12.1 Å². The van der Waals surface area contributed by atoms with Crippen molar-refractivity contribution >= 4 is 5.97 Å². The van der Waals surface area contributed by atoms with Gasteiger partial charge in [0.25, 0.3) is 0 Å². The monoisotopic (exact) mass is 280 g/mol. The fourth-order valence-electron chi connectivity index (χ4n) is 2.10. The van der Waals surface area contributed by atoms with Gasteiger partial charge in [-0.1, -0.05) is 30.3 Å². The molecule has 1 aromatic carbocycles. The number of benzene rings is 1. The van der Waals surface area contributed by atoms with Crippen molar-refractivity contribution in [3.05, 3.63) is 35.9 Å². The van der Waals surface area contributed by atoms with Crippen molar-refractivity contribution < 1.29 is 19.7 Å². The van der Waals surface area contributed by atoms with Gasteiger partial charge in [0.2, 0.25) is 0 Å². The quantitative estimate of drug-likeness (QED) is 0.647. The van der Waals surface area contributed by atoms with Crippen LogP contribution in [0.2, 0.25) is 0 Å². The van der Waals surface area contributed by atoms with E-state index in [2.05, 4.69) is 12.1 Å². The maximum atomic E-state index is 10.4. The molecule has 2 atom stereocenters. The van der Waals surface area contributed by atoms with Crippen molar-refractivity contribution in [3.63, 3.8) is 0 Å². The van der Waals surface area contributed by atoms with Gasteiger partial charge in [0.1, 0.15) is 0 Å². The summed E-state index contributed by atoms with van der Waals surface area (Å²) in [5.74, 6) is -0.801. The van der Waals surface area contributed by atoms with Crippen LogP contribution in [0.1, 0.15) is 38.2 Å². The maximum Gasteiger partial charge on any atom is 0.303 e. The van der Waals surface area contributed by atoms with Gasteiger partial charge in [-0.15, -0.1) is 0 Å². The molecule has 0 aromatic heterocycles. The number of carboxylic acid groups (broad SMARTS) is 1. The second kappa shape index (κ2) is 9.50. The van der Waals surface area contributed by atoms with E-state index in [1.165, 1.54) is 5.56 Å². The Morgan fingerprint density at radius 1 is 1.30 bits per heavy atom. The summed E-state index contributed by atoms with van der Waals surface area (Å²) in [6.07, 6.45) is 2.52. The SMILES string of the molecule is CC(O)CC(CCc1ccccc1)OCCCC(=O)O. The van der Waals surface area contributed by atoms with E-state index in [9.17, 15) is 9.90 Å². The Morgan fingerprint density at radius 3 is 2.60 bits per heavy atom. The molecule has 0 amide bonds. The van der Waals surface area contributed by atoms with Gasteiger partial charge in [-0.25, -0.2) is 0 Å². The number of hydrogen-bond donors (Lipinski definition) is 2. The van der Waals surface area contributed by atoms with Gasteiger partial charge in [-0.05, 0) is 38.2 Å². The van der Waals surface area contributed by atoms with Crippen LogP contribution in [0.3, 0.4) is 0 Å². The van der Waals surface area contributed by atoms with Gasteiger partial charge < -0.3 is 14.9 Å². The average Bonchev–Trinajstić information content (AvgIpc) is 2.41. The number of aliphatic hydroxyl groups excluding tert-OH is 1. The zero-order valence-electron chi connectivity index (χ0n) is 12.0. The van der Waals surface area contributed by atoms with Crippen molar-refractivity contribution in [2.45, 2.75) is 51.2 Å². The molecule has 4 nitrogen and oxygen atoms in total. The lowest BCUT2D eigenvalue weighted by molar-refractivity contribution is -0.137. The molecule has 2 unspecified atom stereocenters. The first-order valence-electron chi connectivity index (χ1n) is 7.13. The van der Waals surface area contributed by atoms with E-state index in [1.54, 1.807) is 6.92 Å². The summed E-state index contributed by atoms with van der Waals surface area (Å²) in [6, 6.07) is 10.1.